The van der Waals surface area contributed by atoms with Gasteiger partial charge in [0.15, 0.2) is 6.29 Å². The lowest BCUT2D eigenvalue weighted by Crippen LogP contribution is -2.28. The number of para-hydroxylation sites is 1. The van der Waals surface area contributed by atoms with E-state index in [1.54, 1.807) is 13.2 Å². The molecule has 6 heteroatoms. The summed E-state index contributed by atoms with van der Waals surface area (Å²) in [5.41, 5.74) is 0.850. The van der Waals surface area contributed by atoms with E-state index in [1.165, 1.54) is 6.08 Å². The summed E-state index contributed by atoms with van der Waals surface area (Å²) in [4.78, 5) is 11.8. The van der Waals surface area contributed by atoms with Gasteiger partial charge in [-0.3, -0.25) is 4.79 Å². The Bertz CT molecular complexity index is 498. The number of hydrogen-bond acceptors (Lipinski definition) is 5. The lowest BCUT2D eigenvalue weighted by Gasteiger charge is -2.16. The Balaban J connectivity index is 2.25. The van der Waals surface area contributed by atoms with Gasteiger partial charge in [0.25, 0.3) is 0 Å². The number of rotatable bonds is 12. The zero-order valence-electron chi connectivity index (χ0n) is 14.6. The van der Waals surface area contributed by atoms with Crippen molar-refractivity contribution < 1.29 is 23.7 Å². The molecule has 0 heterocycles. The molecule has 0 fully saturated rings. The minimum atomic E-state index is -0.360. The molecule has 0 aliphatic rings. The predicted molar refractivity (Wildman–Crippen MR) is 92.9 cm³/mol. The van der Waals surface area contributed by atoms with Gasteiger partial charge in [0, 0.05) is 31.4 Å². The molecular weight excluding hydrogens is 310 g/mol. The molecule has 0 saturated heterocycles. The highest BCUT2D eigenvalue weighted by atomic mass is 16.7. The molecule has 0 saturated carbocycles. The molecule has 1 aromatic rings. The zero-order valence-corrected chi connectivity index (χ0v) is 14.6. The standard InChI is InChI=1S/C18H27NO5/c1-4-23-18(24-5-2)14-22-13-12-19-17(20)11-10-15-8-6-7-9-16(15)21-3/h6-11,18H,4-5,12-14H2,1-3H3,(H,19,20)/b11-10+. The molecule has 0 aromatic heterocycles. The zero-order chi connectivity index (χ0) is 17.6. The molecule has 0 radical (unpaired) electrons. The minimum Gasteiger partial charge on any atom is -0.496 e. The van der Waals surface area contributed by atoms with Gasteiger partial charge in [-0.2, -0.15) is 0 Å². The molecule has 0 aliphatic heterocycles. The highest BCUT2D eigenvalue weighted by molar-refractivity contribution is 5.92. The molecule has 134 valence electrons. The van der Waals surface area contributed by atoms with Crippen LogP contribution in [0.2, 0.25) is 0 Å². The van der Waals surface area contributed by atoms with Crippen LogP contribution in [0.15, 0.2) is 30.3 Å². The number of benzene rings is 1. The second-order valence-corrected chi connectivity index (χ2v) is 4.78. The maximum Gasteiger partial charge on any atom is 0.244 e. The van der Waals surface area contributed by atoms with Crippen molar-refractivity contribution in [2.24, 2.45) is 0 Å². The molecule has 0 aliphatic carbocycles. The number of hydrogen-bond donors (Lipinski definition) is 1. The second kappa shape index (κ2) is 12.5. The van der Waals surface area contributed by atoms with Crippen molar-refractivity contribution in [1.29, 1.82) is 0 Å². The minimum absolute atomic E-state index is 0.185. The Kier molecular flexibility index (Phi) is 10.5. The molecule has 6 nitrogen and oxygen atoms in total. The number of amides is 1. The molecule has 24 heavy (non-hydrogen) atoms. The molecular formula is C18H27NO5. The van der Waals surface area contributed by atoms with Gasteiger partial charge in [0.2, 0.25) is 5.91 Å². The summed E-state index contributed by atoms with van der Waals surface area (Å²) in [5.74, 6) is 0.540. The average Bonchev–Trinajstić information content (AvgIpc) is 2.60. The number of carbonyl (C=O) groups excluding carboxylic acids is 1. The largest absolute Gasteiger partial charge is 0.496 e. The van der Waals surface area contributed by atoms with Crippen LogP contribution in [0, 0.1) is 0 Å². The van der Waals surface area contributed by atoms with Crippen molar-refractivity contribution in [3.8, 4) is 5.75 Å². The van der Waals surface area contributed by atoms with Gasteiger partial charge in [-0.25, -0.2) is 0 Å². The average molecular weight is 337 g/mol. The first-order valence-corrected chi connectivity index (χ1v) is 8.11. The maximum absolute atomic E-state index is 11.8. The van der Waals surface area contributed by atoms with E-state index in [-0.39, 0.29) is 12.2 Å². The van der Waals surface area contributed by atoms with E-state index in [1.807, 2.05) is 38.1 Å². The van der Waals surface area contributed by atoms with E-state index in [4.69, 9.17) is 18.9 Å². The highest BCUT2D eigenvalue weighted by Crippen LogP contribution is 2.18. The molecule has 1 N–H and O–H groups in total. The second-order valence-electron chi connectivity index (χ2n) is 4.78. The number of ether oxygens (including phenoxy) is 4. The Morgan fingerprint density at radius 2 is 1.92 bits per heavy atom. The SMILES string of the molecule is CCOC(COCCNC(=O)/C=C/c1ccccc1OC)OCC. The number of carbonyl (C=O) groups is 1. The topological polar surface area (TPSA) is 66.0 Å². The van der Waals surface area contributed by atoms with Crippen LogP contribution in [0.3, 0.4) is 0 Å². The lowest BCUT2D eigenvalue weighted by atomic mass is 10.2. The predicted octanol–water partition coefficient (Wildman–Crippen LogP) is 2.24. The van der Waals surface area contributed by atoms with Gasteiger partial charge in [-0.1, -0.05) is 18.2 Å². The van der Waals surface area contributed by atoms with Crippen LogP contribution in [0.1, 0.15) is 19.4 Å². The lowest BCUT2D eigenvalue weighted by molar-refractivity contribution is -0.166. The fraction of sp³-hybridized carbons (Fsp3) is 0.500. The Hall–Kier alpha value is -1.89. The van der Waals surface area contributed by atoms with Crippen molar-refractivity contribution in [2.45, 2.75) is 20.1 Å². The molecule has 1 rings (SSSR count). The molecule has 1 aromatic carbocycles. The van der Waals surface area contributed by atoms with E-state index in [0.29, 0.717) is 33.0 Å². The monoisotopic (exact) mass is 337 g/mol. The number of nitrogens with one attached hydrogen (secondary N) is 1. The van der Waals surface area contributed by atoms with Crippen LogP contribution >= 0.6 is 0 Å². The van der Waals surface area contributed by atoms with Gasteiger partial charge in [-0.05, 0) is 26.0 Å². The normalized spacial score (nSPS) is 11.2. The summed E-state index contributed by atoms with van der Waals surface area (Å²) in [6.07, 6.45) is 2.83. The maximum atomic E-state index is 11.8. The van der Waals surface area contributed by atoms with Crippen molar-refractivity contribution in [2.75, 3.05) is 40.1 Å². The molecule has 0 spiro atoms. The smallest absolute Gasteiger partial charge is 0.244 e. The van der Waals surface area contributed by atoms with Gasteiger partial charge < -0.3 is 24.3 Å². The fourth-order valence-electron chi connectivity index (χ4n) is 1.97. The van der Waals surface area contributed by atoms with Crippen LogP contribution in [0.5, 0.6) is 5.75 Å². The van der Waals surface area contributed by atoms with Gasteiger partial charge in [-0.15, -0.1) is 0 Å². The molecule has 0 unspecified atom stereocenters. The molecule has 0 bridgehead atoms. The van der Waals surface area contributed by atoms with Crippen LogP contribution in [0.25, 0.3) is 6.08 Å². The molecule has 0 atom stereocenters. The first-order valence-electron chi connectivity index (χ1n) is 8.11. The van der Waals surface area contributed by atoms with Crippen molar-refractivity contribution in [3.63, 3.8) is 0 Å². The Morgan fingerprint density at radius 3 is 2.58 bits per heavy atom. The van der Waals surface area contributed by atoms with E-state index in [9.17, 15) is 4.79 Å². The summed E-state index contributed by atoms with van der Waals surface area (Å²) in [6.45, 7) is 6.09. The summed E-state index contributed by atoms with van der Waals surface area (Å²) in [5, 5.41) is 2.75. The van der Waals surface area contributed by atoms with E-state index in [2.05, 4.69) is 5.32 Å². The van der Waals surface area contributed by atoms with Crippen molar-refractivity contribution in [1.82, 2.24) is 5.32 Å². The van der Waals surface area contributed by atoms with Crippen molar-refractivity contribution >= 4 is 12.0 Å². The van der Waals surface area contributed by atoms with E-state index < -0.39 is 0 Å². The van der Waals surface area contributed by atoms with E-state index in [0.717, 1.165) is 11.3 Å². The third-order valence-electron chi connectivity index (χ3n) is 3.06. The first-order chi connectivity index (χ1) is 11.7. The number of methoxy groups -OCH3 is 1. The summed E-state index contributed by atoms with van der Waals surface area (Å²) < 4.78 is 21.4. The molecule has 1 amide bonds. The summed E-state index contributed by atoms with van der Waals surface area (Å²) in [7, 11) is 1.60. The quantitative estimate of drug-likeness (QED) is 0.360. The van der Waals surface area contributed by atoms with Gasteiger partial charge in [0.05, 0.1) is 20.3 Å². The van der Waals surface area contributed by atoms with Crippen LogP contribution < -0.4 is 10.1 Å². The van der Waals surface area contributed by atoms with E-state index >= 15 is 0 Å². The van der Waals surface area contributed by atoms with Crippen molar-refractivity contribution in [3.05, 3.63) is 35.9 Å². The van der Waals surface area contributed by atoms with Crippen LogP contribution in [-0.4, -0.2) is 52.3 Å². The summed E-state index contributed by atoms with van der Waals surface area (Å²) in [6, 6.07) is 7.50. The highest BCUT2D eigenvalue weighted by Gasteiger charge is 2.07. The van der Waals surface area contributed by atoms with Crippen LogP contribution in [0.4, 0.5) is 0 Å². The van der Waals surface area contributed by atoms with Gasteiger partial charge >= 0.3 is 0 Å². The Morgan fingerprint density at radius 1 is 1.21 bits per heavy atom. The first kappa shape index (κ1) is 20.2. The Labute approximate surface area is 143 Å². The van der Waals surface area contributed by atoms with Gasteiger partial charge in [0.1, 0.15) is 5.75 Å². The third-order valence-corrected chi connectivity index (χ3v) is 3.06. The van der Waals surface area contributed by atoms with Crippen LogP contribution in [-0.2, 0) is 19.0 Å². The summed E-state index contributed by atoms with van der Waals surface area (Å²) >= 11 is 0. The third kappa shape index (κ3) is 8.10. The fourth-order valence-corrected chi connectivity index (χ4v) is 1.97.